The molecule has 0 amide bonds. The van der Waals surface area contributed by atoms with Gasteiger partial charge in [0, 0.05) is 24.3 Å². The molecule has 0 bridgehead atoms. The Morgan fingerprint density at radius 1 is 1.43 bits per heavy atom. The lowest BCUT2D eigenvalue weighted by molar-refractivity contribution is -0.140. The normalized spacial score (nSPS) is 22.0. The van der Waals surface area contributed by atoms with Crippen LogP contribution in [-0.4, -0.2) is 34.1 Å². The summed E-state index contributed by atoms with van der Waals surface area (Å²) in [6, 6.07) is 0. The summed E-state index contributed by atoms with van der Waals surface area (Å²) in [7, 11) is 0. The molecule has 0 saturated carbocycles. The van der Waals surface area contributed by atoms with Gasteiger partial charge < -0.3 is 5.11 Å². The van der Waals surface area contributed by atoms with E-state index < -0.39 is 11.9 Å². The van der Waals surface area contributed by atoms with Crippen molar-refractivity contribution in [3.05, 3.63) is 0 Å². The number of carbonyl (C=O) groups is 3. The number of thioether (sulfide) groups is 1. The third-order valence-corrected chi connectivity index (χ3v) is 3.20. The van der Waals surface area contributed by atoms with Crippen LogP contribution in [-0.2, 0) is 14.4 Å². The molecule has 1 aliphatic heterocycles. The first kappa shape index (κ1) is 11.2. The van der Waals surface area contributed by atoms with Crippen LogP contribution in [0.4, 0.5) is 0 Å². The third kappa shape index (κ3) is 3.14. The van der Waals surface area contributed by atoms with E-state index in [0.29, 0.717) is 12.2 Å². The van der Waals surface area contributed by atoms with E-state index >= 15 is 0 Å². The van der Waals surface area contributed by atoms with Gasteiger partial charge in [-0.05, 0) is 0 Å². The average Bonchev–Trinajstić information content (AvgIpc) is 2.15. The van der Waals surface area contributed by atoms with Gasteiger partial charge in [0.1, 0.15) is 11.6 Å². The molecule has 0 aromatic heterocycles. The van der Waals surface area contributed by atoms with E-state index in [9.17, 15) is 14.4 Å². The van der Waals surface area contributed by atoms with E-state index in [2.05, 4.69) is 0 Å². The van der Waals surface area contributed by atoms with Crippen molar-refractivity contribution in [2.75, 3.05) is 11.5 Å². The molecule has 1 fully saturated rings. The molecule has 1 heterocycles. The van der Waals surface area contributed by atoms with Crippen molar-refractivity contribution >= 4 is 29.3 Å². The molecule has 0 aromatic carbocycles. The Kier molecular flexibility index (Phi) is 4.13. The zero-order valence-corrected chi connectivity index (χ0v) is 8.51. The lowest BCUT2D eigenvalue weighted by Crippen LogP contribution is -2.30. The molecule has 78 valence electrons. The van der Waals surface area contributed by atoms with Crippen molar-refractivity contribution in [2.24, 2.45) is 5.92 Å². The van der Waals surface area contributed by atoms with Crippen molar-refractivity contribution in [2.45, 2.75) is 19.3 Å². The molecule has 1 saturated heterocycles. The Labute approximate surface area is 86.1 Å². The minimum atomic E-state index is -0.991. The van der Waals surface area contributed by atoms with Crippen LogP contribution in [0, 0.1) is 5.92 Å². The van der Waals surface area contributed by atoms with Crippen LogP contribution in [0.3, 0.4) is 0 Å². The van der Waals surface area contributed by atoms with Crippen molar-refractivity contribution in [1.29, 1.82) is 0 Å². The Balaban J connectivity index is 2.42. The monoisotopic (exact) mass is 216 g/mol. The fourth-order valence-electron chi connectivity index (χ4n) is 1.32. The number of carboxylic acids is 1. The van der Waals surface area contributed by atoms with Gasteiger partial charge >= 0.3 is 5.97 Å². The highest BCUT2D eigenvalue weighted by Gasteiger charge is 2.28. The van der Waals surface area contributed by atoms with E-state index in [4.69, 9.17) is 5.11 Å². The van der Waals surface area contributed by atoms with Gasteiger partial charge in [0.25, 0.3) is 0 Å². The van der Waals surface area contributed by atoms with E-state index in [1.165, 1.54) is 0 Å². The molecular formula is C9H12O4S. The fourth-order valence-corrected chi connectivity index (χ4v) is 2.44. The van der Waals surface area contributed by atoms with Gasteiger partial charge in [0.05, 0.1) is 12.3 Å². The third-order valence-electron chi connectivity index (χ3n) is 2.14. The predicted molar refractivity (Wildman–Crippen MR) is 52.3 cm³/mol. The minimum Gasteiger partial charge on any atom is -0.481 e. The summed E-state index contributed by atoms with van der Waals surface area (Å²) in [5.74, 6) is -0.482. The molecule has 1 aliphatic rings. The van der Waals surface area contributed by atoms with Crippen LogP contribution in [0.1, 0.15) is 19.3 Å². The zero-order valence-electron chi connectivity index (χ0n) is 7.69. The summed E-state index contributed by atoms with van der Waals surface area (Å²) in [4.78, 5) is 32.9. The maximum absolute atomic E-state index is 11.4. The maximum Gasteiger partial charge on any atom is 0.303 e. The molecule has 1 N–H and O–H groups in total. The first-order chi connectivity index (χ1) is 6.61. The largest absolute Gasteiger partial charge is 0.481 e. The van der Waals surface area contributed by atoms with Gasteiger partial charge in [0.2, 0.25) is 0 Å². The summed E-state index contributed by atoms with van der Waals surface area (Å²) in [6.07, 6.45) is 0.244. The van der Waals surface area contributed by atoms with Gasteiger partial charge in [-0.15, -0.1) is 0 Å². The fraction of sp³-hybridized carbons (Fsp3) is 0.667. The van der Waals surface area contributed by atoms with Crippen LogP contribution in [0.5, 0.6) is 0 Å². The van der Waals surface area contributed by atoms with Crippen LogP contribution in [0.2, 0.25) is 0 Å². The maximum atomic E-state index is 11.4. The van der Waals surface area contributed by atoms with Crippen molar-refractivity contribution < 1.29 is 19.5 Å². The topological polar surface area (TPSA) is 71.4 Å². The van der Waals surface area contributed by atoms with Gasteiger partial charge in [-0.3, -0.25) is 14.4 Å². The zero-order chi connectivity index (χ0) is 10.6. The molecular weight excluding hydrogens is 204 g/mol. The summed E-state index contributed by atoms with van der Waals surface area (Å²) in [6.45, 7) is 0. The van der Waals surface area contributed by atoms with Crippen LogP contribution >= 0.6 is 11.8 Å². The number of hydrogen-bond acceptors (Lipinski definition) is 4. The number of carboxylic acid groups (broad SMARTS) is 1. The summed E-state index contributed by atoms with van der Waals surface area (Å²) < 4.78 is 0. The van der Waals surface area contributed by atoms with E-state index in [1.807, 2.05) is 0 Å². The van der Waals surface area contributed by atoms with E-state index in [-0.39, 0.29) is 24.4 Å². The molecule has 1 atom stereocenters. The van der Waals surface area contributed by atoms with Crippen LogP contribution < -0.4 is 0 Å². The van der Waals surface area contributed by atoms with Crippen molar-refractivity contribution in [3.63, 3.8) is 0 Å². The average molecular weight is 216 g/mol. The molecule has 0 aromatic rings. The quantitative estimate of drug-likeness (QED) is 0.702. The predicted octanol–water partition coefficient (Wildman–Crippen LogP) is 0.742. The first-order valence-corrected chi connectivity index (χ1v) is 5.61. The number of aliphatic carboxylic acids is 1. The highest BCUT2D eigenvalue weighted by atomic mass is 32.2. The number of Topliss-reactive ketones (excluding diaryl/α,β-unsaturated/α-hetero) is 2. The lowest BCUT2D eigenvalue weighted by Gasteiger charge is -2.18. The summed E-state index contributed by atoms with van der Waals surface area (Å²) in [5, 5.41) is 8.38. The molecule has 0 aliphatic carbocycles. The lowest BCUT2D eigenvalue weighted by atomic mass is 9.96. The Morgan fingerprint density at radius 3 is 2.71 bits per heavy atom. The second-order valence-corrected chi connectivity index (χ2v) is 4.35. The number of ketones is 2. The second-order valence-electron chi connectivity index (χ2n) is 3.20. The SMILES string of the molecule is O=C(O)CCC(=O)C1CSCCC1=O. The Hall–Kier alpha value is -0.840. The number of carbonyl (C=O) groups excluding carboxylic acids is 2. The van der Waals surface area contributed by atoms with Crippen LogP contribution in [0.25, 0.3) is 0 Å². The molecule has 0 spiro atoms. The Bertz CT molecular complexity index is 262. The van der Waals surface area contributed by atoms with Crippen molar-refractivity contribution in [3.8, 4) is 0 Å². The van der Waals surface area contributed by atoms with Gasteiger partial charge in [0.15, 0.2) is 0 Å². The second kappa shape index (κ2) is 5.14. The molecule has 4 nitrogen and oxygen atoms in total. The van der Waals surface area contributed by atoms with E-state index in [1.54, 1.807) is 11.8 Å². The van der Waals surface area contributed by atoms with E-state index in [0.717, 1.165) is 5.75 Å². The summed E-state index contributed by atoms with van der Waals surface area (Å²) >= 11 is 1.58. The minimum absolute atomic E-state index is 0.0215. The van der Waals surface area contributed by atoms with Crippen LogP contribution in [0.15, 0.2) is 0 Å². The van der Waals surface area contributed by atoms with Gasteiger partial charge in [-0.1, -0.05) is 0 Å². The molecule has 1 unspecified atom stereocenters. The highest BCUT2D eigenvalue weighted by molar-refractivity contribution is 7.99. The van der Waals surface area contributed by atoms with Gasteiger partial charge in [-0.25, -0.2) is 0 Å². The number of hydrogen-bond donors (Lipinski definition) is 1. The molecule has 1 rings (SSSR count). The molecule has 0 radical (unpaired) electrons. The number of rotatable bonds is 4. The smallest absolute Gasteiger partial charge is 0.303 e. The molecule has 14 heavy (non-hydrogen) atoms. The molecule has 5 heteroatoms. The Morgan fingerprint density at radius 2 is 2.14 bits per heavy atom. The standard InChI is InChI=1S/C9H12O4S/c10-7(1-2-9(12)13)6-5-14-4-3-8(6)11/h6H,1-5H2,(H,12,13). The van der Waals surface area contributed by atoms with Crippen molar-refractivity contribution in [1.82, 2.24) is 0 Å². The first-order valence-electron chi connectivity index (χ1n) is 4.46. The highest BCUT2D eigenvalue weighted by Crippen LogP contribution is 2.21. The van der Waals surface area contributed by atoms with Gasteiger partial charge in [-0.2, -0.15) is 11.8 Å². The summed E-state index contributed by atoms with van der Waals surface area (Å²) in [5.41, 5.74) is 0.